The maximum Gasteiger partial charge on any atom is 0.123 e. The van der Waals surface area contributed by atoms with Crippen molar-refractivity contribution in [2.24, 2.45) is 5.73 Å². The third kappa shape index (κ3) is 1.99. The molecule has 0 amide bonds. The Morgan fingerprint density at radius 1 is 1.25 bits per heavy atom. The Morgan fingerprint density at radius 3 is 2.50 bits per heavy atom. The zero-order chi connectivity index (χ0) is 11.6. The van der Waals surface area contributed by atoms with Gasteiger partial charge in [0.2, 0.25) is 0 Å². The Kier molecular flexibility index (Phi) is 3.29. The van der Waals surface area contributed by atoms with Gasteiger partial charge in [0, 0.05) is 12.0 Å². The number of benzene rings is 1. The Balaban J connectivity index is 2.39. The number of aryl methyl sites for hydroxylation is 1. The largest absolute Gasteiger partial charge is 0.330 e. The first-order valence-corrected chi connectivity index (χ1v) is 6.15. The van der Waals surface area contributed by atoms with E-state index < -0.39 is 0 Å². The quantitative estimate of drug-likeness (QED) is 0.814. The number of nitrogens with two attached hydrogens (primary N) is 1. The lowest BCUT2D eigenvalue weighted by Gasteiger charge is -2.38. The van der Waals surface area contributed by atoms with Crippen molar-refractivity contribution in [1.82, 2.24) is 0 Å². The van der Waals surface area contributed by atoms with Crippen LogP contribution in [0.15, 0.2) is 18.2 Å². The summed E-state index contributed by atoms with van der Waals surface area (Å²) in [6, 6.07) is 5.12. The zero-order valence-corrected chi connectivity index (χ0v) is 9.93. The first kappa shape index (κ1) is 11.6. The summed E-state index contributed by atoms with van der Waals surface area (Å²) in [5.41, 5.74) is 8.40. The van der Waals surface area contributed by atoms with Crippen LogP contribution in [0.5, 0.6) is 0 Å². The van der Waals surface area contributed by atoms with E-state index in [1.165, 1.54) is 24.8 Å². The average Bonchev–Trinajstić information content (AvgIpc) is 2.30. The number of hydrogen-bond acceptors (Lipinski definition) is 1. The summed E-state index contributed by atoms with van der Waals surface area (Å²) in [4.78, 5) is 0. The number of rotatable bonds is 2. The van der Waals surface area contributed by atoms with Crippen molar-refractivity contribution >= 4 is 0 Å². The molecule has 0 aromatic heterocycles. The molecule has 1 aliphatic carbocycles. The number of halogens is 1. The van der Waals surface area contributed by atoms with Crippen molar-refractivity contribution in [2.45, 2.75) is 44.4 Å². The molecule has 1 nitrogen and oxygen atoms in total. The van der Waals surface area contributed by atoms with Crippen LogP contribution in [0, 0.1) is 12.7 Å². The van der Waals surface area contributed by atoms with E-state index in [-0.39, 0.29) is 11.2 Å². The highest BCUT2D eigenvalue weighted by molar-refractivity contribution is 5.34. The van der Waals surface area contributed by atoms with Crippen LogP contribution in [-0.4, -0.2) is 6.54 Å². The van der Waals surface area contributed by atoms with E-state index in [2.05, 4.69) is 0 Å². The fourth-order valence-corrected chi connectivity index (χ4v) is 3.03. The summed E-state index contributed by atoms with van der Waals surface area (Å²) in [6.07, 6.45) is 6.09. The molecule has 2 N–H and O–H groups in total. The minimum atomic E-state index is -0.149. The van der Waals surface area contributed by atoms with Crippen LogP contribution in [0.3, 0.4) is 0 Å². The second kappa shape index (κ2) is 4.54. The van der Waals surface area contributed by atoms with Crippen molar-refractivity contribution in [3.8, 4) is 0 Å². The minimum Gasteiger partial charge on any atom is -0.330 e. The van der Waals surface area contributed by atoms with Gasteiger partial charge in [-0.3, -0.25) is 0 Å². The van der Waals surface area contributed by atoms with Crippen molar-refractivity contribution in [3.05, 3.63) is 35.1 Å². The van der Waals surface area contributed by atoms with Crippen LogP contribution in [0.1, 0.15) is 43.2 Å². The van der Waals surface area contributed by atoms with Crippen LogP contribution >= 0.6 is 0 Å². The lowest BCUT2D eigenvalue weighted by atomic mass is 9.68. The first-order valence-electron chi connectivity index (χ1n) is 6.15. The first-order chi connectivity index (χ1) is 7.68. The van der Waals surface area contributed by atoms with Crippen molar-refractivity contribution in [2.75, 3.05) is 6.54 Å². The third-order valence-electron chi connectivity index (χ3n) is 3.96. The fraction of sp³-hybridized carbons (Fsp3) is 0.571. The normalized spacial score (nSPS) is 19.7. The summed E-state index contributed by atoms with van der Waals surface area (Å²) in [5.74, 6) is -0.149. The lowest BCUT2D eigenvalue weighted by molar-refractivity contribution is 0.299. The van der Waals surface area contributed by atoms with Gasteiger partial charge in [-0.1, -0.05) is 25.3 Å². The van der Waals surface area contributed by atoms with Crippen LogP contribution in [0.4, 0.5) is 4.39 Å². The van der Waals surface area contributed by atoms with E-state index in [1.54, 1.807) is 12.1 Å². The molecule has 1 aromatic carbocycles. The maximum atomic E-state index is 13.1. The van der Waals surface area contributed by atoms with E-state index in [1.807, 2.05) is 13.0 Å². The molecule has 1 fully saturated rings. The standard InChI is InChI=1S/C14H20FN/c1-11-9-12(15)5-6-13(11)14(10-16)7-3-2-4-8-14/h5-6,9H,2-4,7-8,10,16H2,1H3. The topological polar surface area (TPSA) is 26.0 Å². The molecule has 2 rings (SSSR count). The van der Waals surface area contributed by atoms with E-state index >= 15 is 0 Å². The summed E-state index contributed by atoms with van der Waals surface area (Å²) < 4.78 is 13.1. The molecule has 1 saturated carbocycles. The summed E-state index contributed by atoms with van der Waals surface area (Å²) >= 11 is 0. The molecule has 16 heavy (non-hydrogen) atoms. The van der Waals surface area contributed by atoms with Gasteiger partial charge in [0.05, 0.1) is 0 Å². The van der Waals surface area contributed by atoms with E-state index in [0.717, 1.165) is 18.4 Å². The van der Waals surface area contributed by atoms with Gasteiger partial charge < -0.3 is 5.73 Å². The van der Waals surface area contributed by atoms with Gasteiger partial charge in [-0.2, -0.15) is 0 Å². The molecular weight excluding hydrogens is 201 g/mol. The Hall–Kier alpha value is -0.890. The van der Waals surface area contributed by atoms with Gasteiger partial charge in [0.1, 0.15) is 5.82 Å². The van der Waals surface area contributed by atoms with Crippen LogP contribution in [0.2, 0.25) is 0 Å². The molecule has 0 saturated heterocycles. The van der Waals surface area contributed by atoms with Gasteiger partial charge in [-0.25, -0.2) is 4.39 Å². The van der Waals surface area contributed by atoms with Gasteiger partial charge in [-0.15, -0.1) is 0 Å². The van der Waals surface area contributed by atoms with Crippen LogP contribution in [0.25, 0.3) is 0 Å². The van der Waals surface area contributed by atoms with E-state index in [4.69, 9.17) is 5.73 Å². The van der Waals surface area contributed by atoms with Crippen molar-refractivity contribution in [3.63, 3.8) is 0 Å². The molecule has 0 spiro atoms. The molecule has 1 aromatic rings. The Labute approximate surface area is 96.9 Å². The zero-order valence-electron chi connectivity index (χ0n) is 9.93. The van der Waals surface area contributed by atoms with Crippen LogP contribution in [-0.2, 0) is 5.41 Å². The Morgan fingerprint density at radius 2 is 1.94 bits per heavy atom. The van der Waals surface area contributed by atoms with Crippen LogP contribution < -0.4 is 5.73 Å². The second-order valence-corrected chi connectivity index (χ2v) is 5.00. The number of hydrogen-bond donors (Lipinski definition) is 1. The summed E-state index contributed by atoms with van der Waals surface area (Å²) in [7, 11) is 0. The average molecular weight is 221 g/mol. The smallest absolute Gasteiger partial charge is 0.123 e. The molecular formula is C14H20FN. The molecule has 0 heterocycles. The highest BCUT2D eigenvalue weighted by Crippen LogP contribution is 2.40. The predicted molar refractivity (Wildman–Crippen MR) is 65.0 cm³/mol. The SMILES string of the molecule is Cc1cc(F)ccc1C1(CN)CCCCC1. The third-order valence-corrected chi connectivity index (χ3v) is 3.96. The molecule has 0 aliphatic heterocycles. The summed E-state index contributed by atoms with van der Waals surface area (Å²) in [5, 5.41) is 0. The monoisotopic (exact) mass is 221 g/mol. The van der Waals surface area contributed by atoms with Gasteiger partial charge in [0.15, 0.2) is 0 Å². The molecule has 0 unspecified atom stereocenters. The van der Waals surface area contributed by atoms with Gasteiger partial charge >= 0.3 is 0 Å². The highest BCUT2D eigenvalue weighted by Gasteiger charge is 2.33. The van der Waals surface area contributed by atoms with E-state index in [9.17, 15) is 4.39 Å². The lowest BCUT2D eigenvalue weighted by Crippen LogP contribution is -2.37. The van der Waals surface area contributed by atoms with E-state index in [0.29, 0.717) is 6.54 Å². The Bertz CT molecular complexity index is 367. The molecule has 0 bridgehead atoms. The maximum absolute atomic E-state index is 13.1. The minimum absolute atomic E-state index is 0.107. The fourth-order valence-electron chi connectivity index (χ4n) is 3.03. The highest BCUT2D eigenvalue weighted by atomic mass is 19.1. The van der Waals surface area contributed by atoms with Crippen molar-refractivity contribution < 1.29 is 4.39 Å². The molecule has 0 atom stereocenters. The second-order valence-electron chi connectivity index (χ2n) is 5.00. The van der Waals surface area contributed by atoms with Gasteiger partial charge in [0.25, 0.3) is 0 Å². The predicted octanol–water partition coefficient (Wildman–Crippen LogP) is 3.29. The molecule has 88 valence electrons. The van der Waals surface area contributed by atoms with Gasteiger partial charge in [-0.05, 0) is 43.0 Å². The summed E-state index contributed by atoms with van der Waals surface area (Å²) in [6.45, 7) is 2.67. The van der Waals surface area contributed by atoms with Crippen molar-refractivity contribution in [1.29, 1.82) is 0 Å². The molecule has 1 aliphatic rings. The molecule has 0 radical (unpaired) electrons. The molecule has 2 heteroatoms.